The third kappa shape index (κ3) is 4.93. The van der Waals surface area contributed by atoms with Crippen LogP contribution in [0.4, 0.5) is 4.39 Å². The largest absolute Gasteiger partial charge is 0.375 e. The van der Waals surface area contributed by atoms with Crippen molar-refractivity contribution < 1.29 is 17.9 Å². The lowest BCUT2D eigenvalue weighted by Gasteiger charge is -2.31. The quantitative estimate of drug-likeness (QED) is 0.220. The number of hydrogen-bond donors (Lipinski definition) is 2. The summed E-state index contributed by atoms with van der Waals surface area (Å²) in [7, 11) is -4.15. The van der Waals surface area contributed by atoms with Gasteiger partial charge in [-0.05, 0) is 46.9 Å². The second kappa shape index (κ2) is 9.95. The lowest BCUT2D eigenvalue weighted by Crippen LogP contribution is -2.31. The van der Waals surface area contributed by atoms with Crippen LogP contribution in [0.15, 0.2) is 120 Å². The zero-order valence-electron chi connectivity index (χ0n) is 22.0. The maximum atomic E-state index is 14.3. The van der Waals surface area contributed by atoms with Crippen molar-refractivity contribution in [2.45, 2.75) is 31.3 Å². The summed E-state index contributed by atoms with van der Waals surface area (Å²) in [5.41, 5.74) is 0.294. The van der Waals surface area contributed by atoms with Crippen molar-refractivity contribution in [3.63, 3.8) is 0 Å². The van der Waals surface area contributed by atoms with Crippen molar-refractivity contribution >= 4 is 25.6 Å². The van der Waals surface area contributed by atoms with Crippen LogP contribution in [0.3, 0.4) is 0 Å². The Labute approximate surface area is 228 Å². The predicted molar refractivity (Wildman–Crippen MR) is 154 cm³/mol. The normalized spacial score (nSPS) is 13.1. The number of rotatable bonds is 6. The van der Waals surface area contributed by atoms with Crippen LogP contribution in [0.25, 0.3) is 15.8 Å². The predicted octanol–water partition coefficient (Wildman–Crippen LogP) is 7.45. The molecule has 0 saturated carbocycles. The number of aliphatic hydroxyl groups is 1. The van der Waals surface area contributed by atoms with Crippen LogP contribution in [0.1, 0.15) is 43.2 Å². The first-order chi connectivity index (χ1) is 18.5. The number of halogens is 1. The highest BCUT2D eigenvalue weighted by molar-refractivity contribution is 8.00. The fourth-order valence-corrected chi connectivity index (χ4v) is 6.64. The third-order valence-electron chi connectivity index (χ3n) is 6.67. The highest BCUT2D eigenvalue weighted by atomic mass is 32.2. The van der Waals surface area contributed by atoms with Crippen LogP contribution in [-0.4, -0.2) is 18.5 Å². The maximum absolute atomic E-state index is 14.3. The van der Waals surface area contributed by atoms with E-state index in [0.717, 1.165) is 12.1 Å². The Balaban J connectivity index is 1.92. The van der Waals surface area contributed by atoms with E-state index in [4.69, 9.17) is 0 Å². The SMILES string of the molecule is CC(C)(C)C=C(c1c(C(O)(c2ccccc2)c2ccccc2)[nH]c2ccccc12)S(=O)(=O)c1ccc(F)cc1. The second-order valence-corrected chi connectivity index (χ2v) is 12.6. The van der Waals surface area contributed by atoms with Crippen molar-refractivity contribution in [1.82, 2.24) is 4.98 Å². The molecule has 0 amide bonds. The van der Waals surface area contributed by atoms with Crippen molar-refractivity contribution in [2.75, 3.05) is 0 Å². The third-order valence-corrected chi connectivity index (χ3v) is 8.47. The van der Waals surface area contributed by atoms with Gasteiger partial charge >= 0.3 is 0 Å². The topological polar surface area (TPSA) is 70.2 Å². The van der Waals surface area contributed by atoms with Gasteiger partial charge in [0, 0.05) is 16.5 Å². The van der Waals surface area contributed by atoms with Crippen LogP contribution in [0.5, 0.6) is 0 Å². The van der Waals surface area contributed by atoms with Crippen LogP contribution in [0.2, 0.25) is 0 Å². The molecule has 0 saturated heterocycles. The molecular formula is C33H30FNO3S. The average Bonchev–Trinajstić information content (AvgIpc) is 3.32. The lowest BCUT2D eigenvalue weighted by molar-refractivity contribution is 0.121. The molecule has 0 unspecified atom stereocenters. The number of benzene rings is 4. The minimum absolute atomic E-state index is 0.0291. The van der Waals surface area contributed by atoms with Gasteiger partial charge in [0.1, 0.15) is 5.82 Å². The molecule has 0 aliphatic carbocycles. The summed E-state index contributed by atoms with van der Waals surface area (Å²) in [6, 6.07) is 30.6. The highest BCUT2D eigenvalue weighted by Gasteiger charge is 2.41. The number of fused-ring (bicyclic) bond motifs is 1. The summed E-state index contributed by atoms with van der Waals surface area (Å²) in [5.74, 6) is -0.523. The number of sulfone groups is 1. The molecule has 0 aliphatic rings. The van der Waals surface area contributed by atoms with Gasteiger partial charge in [0.15, 0.2) is 5.60 Å². The Kier molecular flexibility index (Phi) is 6.79. The summed E-state index contributed by atoms with van der Waals surface area (Å²) < 4.78 is 42.4. The van der Waals surface area contributed by atoms with Gasteiger partial charge in [-0.15, -0.1) is 0 Å². The first-order valence-electron chi connectivity index (χ1n) is 12.7. The fourth-order valence-electron chi connectivity index (χ4n) is 4.90. The fraction of sp³-hybridized carbons (Fsp3) is 0.152. The van der Waals surface area contributed by atoms with E-state index >= 15 is 0 Å². The summed E-state index contributed by atoms with van der Waals surface area (Å²) in [5, 5.41) is 13.4. The highest BCUT2D eigenvalue weighted by Crippen LogP contribution is 2.45. The number of aromatic amines is 1. The van der Waals surface area contributed by atoms with Gasteiger partial charge in [0.05, 0.1) is 15.5 Å². The van der Waals surface area contributed by atoms with Crippen LogP contribution in [-0.2, 0) is 15.4 Å². The van der Waals surface area contributed by atoms with Gasteiger partial charge in [-0.3, -0.25) is 0 Å². The van der Waals surface area contributed by atoms with Crippen molar-refractivity contribution in [3.8, 4) is 0 Å². The summed E-state index contributed by atoms with van der Waals surface area (Å²) in [6.45, 7) is 5.76. The molecular weight excluding hydrogens is 509 g/mol. The van der Waals surface area contributed by atoms with Crippen LogP contribution < -0.4 is 0 Å². The summed E-state index contributed by atoms with van der Waals surface area (Å²) in [6.07, 6.45) is 1.71. The Morgan fingerprint density at radius 3 is 1.82 bits per heavy atom. The minimum Gasteiger partial charge on any atom is -0.375 e. The van der Waals surface area contributed by atoms with E-state index in [9.17, 15) is 17.9 Å². The first kappa shape index (κ1) is 26.6. The van der Waals surface area contributed by atoms with Crippen molar-refractivity contribution in [3.05, 3.63) is 143 Å². The summed E-state index contributed by atoms with van der Waals surface area (Å²) >= 11 is 0. The van der Waals surface area contributed by atoms with Gasteiger partial charge in [-0.1, -0.05) is 106 Å². The smallest absolute Gasteiger partial charge is 0.206 e. The van der Waals surface area contributed by atoms with E-state index in [2.05, 4.69) is 4.98 Å². The van der Waals surface area contributed by atoms with Crippen LogP contribution in [0, 0.1) is 11.2 Å². The molecule has 0 fully saturated rings. The molecule has 2 N–H and O–H groups in total. The van der Waals surface area contributed by atoms with E-state index in [0.29, 0.717) is 33.3 Å². The van der Waals surface area contributed by atoms with E-state index in [1.54, 1.807) is 6.08 Å². The second-order valence-electron chi connectivity index (χ2n) is 10.7. The molecule has 0 bridgehead atoms. The number of para-hydroxylation sites is 1. The molecule has 0 aliphatic heterocycles. The van der Waals surface area contributed by atoms with Gasteiger partial charge in [-0.25, -0.2) is 12.8 Å². The van der Waals surface area contributed by atoms with E-state index in [-0.39, 0.29) is 9.80 Å². The van der Waals surface area contributed by atoms with E-state index < -0.39 is 26.7 Å². The zero-order chi connectivity index (χ0) is 27.8. The standard InChI is InChI=1S/C33H30FNO3S/c1-32(2,3)22-29(39(37,38)26-20-18-25(34)19-21-26)30-27-16-10-11-17-28(27)35-31(30)33(36,23-12-6-4-7-13-23)24-14-8-5-9-15-24/h4-22,35-36H,1-3H3. The Bertz CT molecular complexity index is 1710. The molecule has 198 valence electrons. The molecule has 1 heterocycles. The molecule has 5 rings (SSSR count). The molecule has 5 aromatic rings. The first-order valence-corrected chi connectivity index (χ1v) is 14.2. The Hall–Kier alpha value is -4.00. The van der Waals surface area contributed by atoms with Gasteiger partial charge in [0.25, 0.3) is 0 Å². The van der Waals surface area contributed by atoms with Gasteiger partial charge in [-0.2, -0.15) is 0 Å². The molecule has 6 heteroatoms. The molecule has 0 atom stereocenters. The number of nitrogens with one attached hydrogen (secondary N) is 1. The van der Waals surface area contributed by atoms with Gasteiger partial charge < -0.3 is 10.1 Å². The Morgan fingerprint density at radius 2 is 1.28 bits per heavy atom. The van der Waals surface area contributed by atoms with Crippen molar-refractivity contribution in [2.24, 2.45) is 5.41 Å². The zero-order valence-corrected chi connectivity index (χ0v) is 22.8. The molecule has 4 aromatic carbocycles. The molecule has 1 aromatic heterocycles. The number of allylic oxidation sites excluding steroid dienone is 1. The number of aromatic nitrogens is 1. The average molecular weight is 540 g/mol. The molecule has 0 radical (unpaired) electrons. The molecule has 4 nitrogen and oxygen atoms in total. The van der Waals surface area contributed by atoms with Gasteiger partial charge in [0.2, 0.25) is 9.84 Å². The number of H-pyrrole nitrogens is 1. The molecule has 0 spiro atoms. The molecule has 39 heavy (non-hydrogen) atoms. The summed E-state index contributed by atoms with van der Waals surface area (Å²) in [4.78, 5) is 3.40. The number of hydrogen-bond acceptors (Lipinski definition) is 3. The minimum atomic E-state index is -4.15. The van der Waals surface area contributed by atoms with E-state index in [1.807, 2.05) is 106 Å². The van der Waals surface area contributed by atoms with E-state index in [1.165, 1.54) is 12.1 Å². The van der Waals surface area contributed by atoms with Crippen molar-refractivity contribution in [1.29, 1.82) is 0 Å². The lowest BCUT2D eigenvalue weighted by atomic mass is 9.81. The maximum Gasteiger partial charge on any atom is 0.206 e. The van der Waals surface area contributed by atoms with Crippen LogP contribution >= 0.6 is 0 Å². The Morgan fingerprint density at radius 1 is 0.769 bits per heavy atom. The monoisotopic (exact) mass is 539 g/mol.